The van der Waals surface area contributed by atoms with Crippen molar-refractivity contribution in [3.05, 3.63) is 57.6 Å². The van der Waals surface area contributed by atoms with Crippen molar-refractivity contribution >= 4 is 35.0 Å². The minimum Gasteiger partial charge on any atom is -0.493 e. The lowest BCUT2D eigenvalue weighted by Crippen LogP contribution is -2.30. The lowest BCUT2D eigenvalue weighted by Gasteiger charge is -2.21. The first-order chi connectivity index (χ1) is 13.5. The van der Waals surface area contributed by atoms with Gasteiger partial charge in [0.05, 0.1) is 12.7 Å². The summed E-state index contributed by atoms with van der Waals surface area (Å²) >= 11 is 12.1. The number of ether oxygens (including phenoxy) is 3. The highest BCUT2D eigenvalue weighted by molar-refractivity contribution is 6.35. The summed E-state index contributed by atoms with van der Waals surface area (Å²) in [6.07, 6.45) is 2.11. The van der Waals surface area contributed by atoms with Crippen molar-refractivity contribution in [2.24, 2.45) is 0 Å². The average molecular weight is 423 g/mol. The molecule has 0 radical (unpaired) electrons. The summed E-state index contributed by atoms with van der Waals surface area (Å²) in [5, 5.41) is 1.05. The maximum Gasteiger partial charge on any atom is 0.338 e. The van der Waals surface area contributed by atoms with Crippen LogP contribution in [0.15, 0.2) is 36.4 Å². The van der Waals surface area contributed by atoms with Gasteiger partial charge in [-0.05, 0) is 49.6 Å². The zero-order valence-corrected chi connectivity index (χ0v) is 16.9. The molecular weight excluding hydrogens is 403 g/mol. The van der Waals surface area contributed by atoms with Crippen LogP contribution in [0.2, 0.25) is 10.0 Å². The largest absolute Gasteiger partial charge is 0.493 e. The lowest BCUT2D eigenvalue weighted by atomic mass is 9.96. The van der Waals surface area contributed by atoms with Gasteiger partial charge < -0.3 is 14.2 Å². The Bertz CT molecular complexity index is 881. The number of esters is 1. The molecule has 1 atom stereocenters. The summed E-state index contributed by atoms with van der Waals surface area (Å²) in [5.74, 6) is 0.269. The van der Waals surface area contributed by atoms with E-state index in [1.165, 1.54) is 13.2 Å². The predicted molar refractivity (Wildman–Crippen MR) is 106 cm³/mol. The van der Waals surface area contributed by atoms with E-state index in [1.54, 1.807) is 30.3 Å². The van der Waals surface area contributed by atoms with Crippen LogP contribution in [0, 0.1) is 0 Å². The van der Waals surface area contributed by atoms with Crippen molar-refractivity contribution in [2.45, 2.75) is 38.4 Å². The molecule has 0 spiro atoms. The Morgan fingerprint density at radius 1 is 1.11 bits per heavy atom. The van der Waals surface area contributed by atoms with Gasteiger partial charge in [-0.1, -0.05) is 29.3 Å². The number of halogens is 2. The van der Waals surface area contributed by atoms with E-state index in [0.717, 1.165) is 18.4 Å². The number of carbonyl (C=O) groups is 2. The fraction of sp³-hybridized carbons (Fsp3) is 0.333. The molecule has 0 aliphatic heterocycles. The highest BCUT2D eigenvalue weighted by Gasteiger charge is 2.26. The Labute approximate surface area is 173 Å². The minimum absolute atomic E-state index is 0.0219. The summed E-state index contributed by atoms with van der Waals surface area (Å²) in [6, 6.07) is 9.90. The molecule has 28 heavy (non-hydrogen) atoms. The van der Waals surface area contributed by atoms with Gasteiger partial charge >= 0.3 is 5.97 Å². The Morgan fingerprint density at radius 3 is 2.64 bits per heavy atom. The molecule has 2 aromatic carbocycles. The van der Waals surface area contributed by atoms with Crippen LogP contribution < -0.4 is 9.47 Å². The fourth-order valence-electron chi connectivity index (χ4n) is 2.98. The SMILES string of the molecule is COc1cc(C(=O)OC2CCCCC2=O)ccc1OCc1ccc(Cl)cc1Cl. The second kappa shape index (κ2) is 9.30. The Balaban J connectivity index is 1.69. The highest BCUT2D eigenvalue weighted by atomic mass is 35.5. The molecule has 2 aromatic rings. The van der Waals surface area contributed by atoms with Crippen molar-refractivity contribution in [1.82, 2.24) is 0 Å². The summed E-state index contributed by atoms with van der Waals surface area (Å²) in [4.78, 5) is 24.3. The maximum atomic E-state index is 12.4. The van der Waals surface area contributed by atoms with Crippen LogP contribution in [-0.4, -0.2) is 25.0 Å². The van der Waals surface area contributed by atoms with Crippen LogP contribution in [0.4, 0.5) is 0 Å². The predicted octanol–water partition coefficient (Wildman–Crippen LogP) is 5.25. The molecule has 1 unspecified atom stereocenters. The summed E-state index contributed by atoms with van der Waals surface area (Å²) in [6.45, 7) is 0.215. The Kier molecular flexibility index (Phi) is 6.81. The van der Waals surface area contributed by atoms with Crippen LogP contribution in [0.5, 0.6) is 11.5 Å². The monoisotopic (exact) mass is 422 g/mol. The van der Waals surface area contributed by atoms with E-state index in [9.17, 15) is 9.59 Å². The zero-order valence-electron chi connectivity index (χ0n) is 15.4. The van der Waals surface area contributed by atoms with Gasteiger partial charge in [0.1, 0.15) is 6.61 Å². The number of rotatable bonds is 6. The lowest BCUT2D eigenvalue weighted by molar-refractivity contribution is -0.129. The molecular formula is C21H20Cl2O5. The van der Waals surface area contributed by atoms with Crippen LogP contribution >= 0.6 is 23.2 Å². The normalized spacial score (nSPS) is 16.5. The third-order valence-electron chi connectivity index (χ3n) is 4.55. The minimum atomic E-state index is -0.657. The van der Waals surface area contributed by atoms with Gasteiger partial charge in [-0.2, -0.15) is 0 Å². The van der Waals surface area contributed by atoms with E-state index in [4.69, 9.17) is 37.4 Å². The maximum absolute atomic E-state index is 12.4. The van der Waals surface area contributed by atoms with E-state index >= 15 is 0 Å². The smallest absolute Gasteiger partial charge is 0.338 e. The molecule has 0 heterocycles. The Hall–Kier alpha value is -2.24. The van der Waals surface area contributed by atoms with E-state index in [1.807, 2.05) is 0 Å². The molecule has 1 aliphatic carbocycles. The molecule has 1 aliphatic rings. The van der Waals surface area contributed by atoms with Crippen LogP contribution in [0.3, 0.4) is 0 Å². The van der Waals surface area contributed by atoms with Crippen molar-refractivity contribution in [3.8, 4) is 11.5 Å². The molecule has 1 fully saturated rings. The molecule has 1 saturated carbocycles. The van der Waals surface area contributed by atoms with Crippen molar-refractivity contribution in [1.29, 1.82) is 0 Å². The van der Waals surface area contributed by atoms with Crippen LogP contribution in [0.25, 0.3) is 0 Å². The zero-order chi connectivity index (χ0) is 20.1. The van der Waals surface area contributed by atoms with Gasteiger partial charge in [-0.3, -0.25) is 4.79 Å². The van der Waals surface area contributed by atoms with E-state index in [-0.39, 0.29) is 12.4 Å². The van der Waals surface area contributed by atoms with Gasteiger partial charge in [0.2, 0.25) is 0 Å². The topological polar surface area (TPSA) is 61.8 Å². The number of methoxy groups -OCH3 is 1. The second-order valence-corrected chi connectivity index (χ2v) is 7.34. The number of Topliss-reactive ketones (excluding diaryl/α,β-unsaturated/α-hetero) is 1. The van der Waals surface area contributed by atoms with Gasteiger partial charge in [-0.15, -0.1) is 0 Å². The van der Waals surface area contributed by atoms with E-state index < -0.39 is 12.1 Å². The molecule has 0 N–H and O–H groups in total. The molecule has 148 valence electrons. The summed E-state index contributed by atoms with van der Waals surface area (Å²) in [7, 11) is 1.48. The third kappa shape index (κ3) is 4.97. The molecule has 0 aromatic heterocycles. The number of benzene rings is 2. The second-order valence-electron chi connectivity index (χ2n) is 6.50. The molecule has 5 nitrogen and oxygen atoms in total. The molecule has 0 bridgehead atoms. The first kappa shape index (κ1) is 20.5. The van der Waals surface area contributed by atoms with Gasteiger partial charge in [0.15, 0.2) is 23.4 Å². The van der Waals surface area contributed by atoms with E-state index in [0.29, 0.717) is 39.9 Å². The first-order valence-corrected chi connectivity index (χ1v) is 9.72. The molecule has 3 rings (SSSR count). The summed E-state index contributed by atoms with van der Waals surface area (Å²) < 4.78 is 16.5. The van der Waals surface area contributed by atoms with E-state index in [2.05, 4.69) is 0 Å². The quantitative estimate of drug-likeness (QED) is 0.594. The Morgan fingerprint density at radius 2 is 1.93 bits per heavy atom. The molecule has 0 saturated heterocycles. The average Bonchev–Trinajstić information content (AvgIpc) is 2.69. The van der Waals surface area contributed by atoms with Crippen molar-refractivity contribution < 1.29 is 23.8 Å². The van der Waals surface area contributed by atoms with Crippen LogP contribution in [0.1, 0.15) is 41.6 Å². The van der Waals surface area contributed by atoms with Crippen molar-refractivity contribution in [2.75, 3.05) is 7.11 Å². The third-order valence-corrected chi connectivity index (χ3v) is 5.13. The number of hydrogen-bond acceptors (Lipinski definition) is 5. The standard InChI is InChI=1S/C21H20Cl2O5/c1-26-20-10-13(21(25)28-18-5-3-2-4-17(18)24)7-9-19(20)27-12-14-6-8-15(22)11-16(14)23/h6-11,18H,2-5,12H2,1H3. The van der Waals surface area contributed by atoms with Crippen molar-refractivity contribution in [3.63, 3.8) is 0 Å². The van der Waals surface area contributed by atoms with Gasteiger partial charge in [-0.25, -0.2) is 4.79 Å². The fourth-order valence-corrected chi connectivity index (χ4v) is 3.44. The first-order valence-electron chi connectivity index (χ1n) is 8.96. The molecule has 7 heteroatoms. The van der Waals surface area contributed by atoms with Gasteiger partial charge in [0, 0.05) is 22.0 Å². The van der Waals surface area contributed by atoms with Gasteiger partial charge in [0.25, 0.3) is 0 Å². The number of carbonyl (C=O) groups excluding carboxylic acids is 2. The number of ketones is 1. The number of hydrogen-bond donors (Lipinski definition) is 0. The highest BCUT2D eigenvalue weighted by Crippen LogP contribution is 2.31. The molecule has 0 amide bonds. The summed E-state index contributed by atoms with van der Waals surface area (Å²) in [5.41, 5.74) is 1.07. The van der Waals surface area contributed by atoms with Crippen LogP contribution in [-0.2, 0) is 16.1 Å².